The van der Waals surface area contributed by atoms with Crippen molar-refractivity contribution in [3.63, 3.8) is 0 Å². The van der Waals surface area contributed by atoms with Crippen LogP contribution in [0.25, 0.3) is 10.2 Å². The van der Waals surface area contributed by atoms with Gasteiger partial charge in [-0.3, -0.25) is 14.6 Å². The Bertz CT molecular complexity index is 999. The molecule has 4 rings (SSSR count). The van der Waals surface area contributed by atoms with Crippen LogP contribution in [0.3, 0.4) is 0 Å². The fraction of sp³-hybridized carbons (Fsp3) is 0.333. The van der Waals surface area contributed by atoms with Crippen molar-refractivity contribution in [1.82, 2.24) is 9.88 Å². The quantitative estimate of drug-likeness (QED) is 0.490. The van der Waals surface area contributed by atoms with E-state index in [0.29, 0.717) is 27.3 Å². The van der Waals surface area contributed by atoms with Crippen molar-refractivity contribution in [3.05, 3.63) is 57.6 Å². The average Bonchev–Trinajstić information content (AvgIpc) is 3.18. The fourth-order valence-electron chi connectivity index (χ4n) is 3.33. The second-order valence-electron chi connectivity index (χ2n) is 6.96. The predicted octanol–water partition coefficient (Wildman–Crippen LogP) is 5.31. The Kier molecular flexibility index (Phi) is 7.96. The summed E-state index contributed by atoms with van der Waals surface area (Å²) in [6, 6.07) is 10.8. The lowest BCUT2D eigenvalue weighted by atomic mass is 10.2. The van der Waals surface area contributed by atoms with Gasteiger partial charge in [0.1, 0.15) is 0 Å². The van der Waals surface area contributed by atoms with E-state index >= 15 is 0 Å². The van der Waals surface area contributed by atoms with Crippen molar-refractivity contribution in [3.8, 4) is 0 Å². The highest BCUT2D eigenvalue weighted by atomic mass is 35.5. The minimum absolute atomic E-state index is 0. The molecule has 2 heterocycles. The molecule has 0 spiro atoms. The summed E-state index contributed by atoms with van der Waals surface area (Å²) in [5, 5.41) is 1.83. The molecule has 160 valence electrons. The molecule has 9 heteroatoms. The Morgan fingerprint density at radius 1 is 1.23 bits per heavy atom. The summed E-state index contributed by atoms with van der Waals surface area (Å²) in [4.78, 5) is 22.2. The number of hydrogen-bond donors (Lipinski definition) is 0. The Balaban J connectivity index is 0.00000256. The molecule has 1 amide bonds. The van der Waals surface area contributed by atoms with E-state index < -0.39 is 0 Å². The zero-order valence-electron chi connectivity index (χ0n) is 16.4. The summed E-state index contributed by atoms with van der Waals surface area (Å²) < 4.78 is 6.33. The summed E-state index contributed by atoms with van der Waals surface area (Å²) in [5.74, 6) is -0.117. The van der Waals surface area contributed by atoms with Gasteiger partial charge in [0, 0.05) is 36.8 Å². The number of nitrogens with zero attached hydrogens (tertiary/aromatic N) is 3. The van der Waals surface area contributed by atoms with Crippen LogP contribution in [0.4, 0.5) is 5.13 Å². The minimum Gasteiger partial charge on any atom is -0.379 e. The van der Waals surface area contributed by atoms with Gasteiger partial charge in [0.2, 0.25) is 0 Å². The Morgan fingerprint density at radius 3 is 2.70 bits per heavy atom. The minimum atomic E-state index is -0.117. The summed E-state index contributed by atoms with van der Waals surface area (Å²) in [5.41, 5.74) is 2.42. The molecular formula is C21H22Cl3N3O2S. The monoisotopic (exact) mass is 485 g/mol. The van der Waals surface area contributed by atoms with E-state index in [1.807, 2.05) is 19.1 Å². The normalized spacial score (nSPS) is 14.5. The zero-order chi connectivity index (χ0) is 20.4. The molecule has 0 radical (unpaired) electrons. The van der Waals surface area contributed by atoms with Crippen molar-refractivity contribution < 1.29 is 9.53 Å². The molecular weight excluding hydrogens is 465 g/mol. The number of halogens is 3. The standard InChI is InChI=1S/C21H21Cl2N3O2S.ClH/c1-14-5-6-17(23)19-18(14)24-21(29-19)26(8-7-25-9-11-28-12-10-25)20(27)15-3-2-4-16(22)13-15;/h2-6,13H,7-12H2,1H3;1H. The number of amides is 1. The van der Waals surface area contributed by atoms with Crippen LogP contribution in [-0.2, 0) is 4.74 Å². The maximum Gasteiger partial charge on any atom is 0.260 e. The number of rotatable bonds is 5. The number of aryl methyl sites for hydroxylation is 1. The third-order valence-electron chi connectivity index (χ3n) is 4.98. The van der Waals surface area contributed by atoms with Crippen molar-refractivity contribution in [2.45, 2.75) is 6.92 Å². The van der Waals surface area contributed by atoms with Gasteiger partial charge < -0.3 is 4.74 Å². The first-order valence-corrected chi connectivity index (χ1v) is 11.0. The van der Waals surface area contributed by atoms with Crippen LogP contribution in [0.5, 0.6) is 0 Å². The van der Waals surface area contributed by atoms with Crippen LogP contribution in [0.15, 0.2) is 36.4 Å². The van der Waals surface area contributed by atoms with Crippen LogP contribution >= 0.6 is 46.9 Å². The lowest BCUT2D eigenvalue weighted by molar-refractivity contribution is 0.0391. The van der Waals surface area contributed by atoms with Crippen LogP contribution in [0.2, 0.25) is 10.0 Å². The SMILES string of the molecule is Cc1ccc(Cl)c2sc(N(CCN3CCOCC3)C(=O)c3cccc(Cl)c3)nc12.Cl. The van der Waals surface area contributed by atoms with Gasteiger partial charge in [-0.2, -0.15) is 0 Å². The number of ether oxygens (including phenoxy) is 1. The molecule has 1 saturated heterocycles. The number of benzene rings is 2. The molecule has 1 fully saturated rings. The molecule has 30 heavy (non-hydrogen) atoms. The highest BCUT2D eigenvalue weighted by Gasteiger charge is 2.24. The van der Waals surface area contributed by atoms with Crippen molar-refractivity contribution in [2.24, 2.45) is 0 Å². The zero-order valence-corrected chi connectivity index (χ0v) is 19.6. The number of morpholine rings is 1. The van der Waals surface area contributed by atoms with Gasteiger partial charge in [0.05, 0.1) is 28.5 Å². The molecule has 0 unspecified atom stereocenters. The number of fused-ring (bicyclic) bond motifs is 1. The molecule has 1 aromatic heterocycles. The molecule has 0 atom stereocenters. The second-order valence-corrected chi connectivity index (χ2v) is 8.78. The lowest BCUT2D eigenvalue weighted by Crippen LogP contribution is -2.43. The van der Waals surface area contributed by atoms with Gasteiger partial charge in [-0.05, 0) is 36.8 Å². The topological polar surface area (TPSA) is 45.7 Å². The maximum atomic E-state index is 13.4. The van der Waals surface area contributed by atoms with Gasteiger partial charge in [-0.1, -0.05) is 46.7 Å². The molecule has 2 aromatic carbocycles. The third kappa shape index (κ3) is 5.07. The van der Waals surface area contributed by atoms with Crippen molar-refractivity contribution in [2.75, 3.05) is 44.3 Å². The number of hydrogen-bond acceptors (Lipinski definition) is 5. The van der Waals surface area contributed by atoms with E-state index in [-0.39, 0.29) is 18.3 Å². The lowest BCUT2D eigenvalue weighted by Gasteiger charge is -2.29. The van der Waals surface area contributed by atoms with Crippen LogP contribution < -0.4 is 4.90 Å². The first kappa shape index (κ1) is 23.3. The Labute approximate surface area is 195 Å². The number of thiazole rings is 1. The van der Waals surface area contributed by atoms with Crippen LogP contribution in [-0.4, -0.2) is 55.2 Å². The summed E-state index contributed by atoms with van der Waals surface area (Å²) in [6.45, 7) is 6.45. The van der Waals surface area contributed by atoms with Gasteiger partial charge >= 0.3 is 0 Å². The fourth-order valence-corrected chi connectivity index (χ4v) is 4.87. The Hall–Kier alpha value is -1.41. The van der Waals surface area contributed by atoms with E-state index in [1.54, 1.807) is 29.2 Å². The van der Waals surface area contributed by atoms with Crippen LogP contribution in [0, 0.1) is 6.92 Å². The summed E-state index contributed by atoms with van der Waals surface area (Å²) in [6.07, 6.45) is 0. The molecule has 0 N–H and O–H groups in total. The maximum absolute atomic E-state index is 13.4. The number of carbonyl (C=O) groups is 1. The predicted molar refractivity (Wildman–Crippen MR) is 127 cm³/mol. The van der Waals surface area contributed by atoms with Gasteiger partial charge in [-0.25, -0.2) is 4.98 Å². The Morgan fingerprint density at radius 2 is 2.00 bits per heavy atom. The van der Waals surface area contributed by atoms with E-state index in [0.717, 1.165) is 48.6 Å². The molecule has 0 saturated carbocycles. The first-order valence-electron chi connectivity index (χ1n) is 9.46. The molecule has 0 aliphatic carbocycles. The number of carbonyl (C=O) groups excluding carboxylic acids is 1. The largest absolute Gasteiger partial charge is 0.379 e. The molecule has 1 aliphatic heterocycles. The molecule has 5 nitrogen and oxygen atoms in total. The third-order valence-corrected chi connectivity index (χ3v) is 6.75. The smallest absolute Gasteiger partial charge is 0.260 e. The van der Waals surface area contributed by atoms with E-state index in [9.17, 15) is 4.79 Å². The number of aromatic nitrogens is 1. The van der Waals surface area contributed by atoms with Crippen LogP contribution in [0.1, 0.15) is 15.9 Å². The van der Waals surface area contributed by atoms with E-state index in [4.69, 9.17) is 32.9 Å². The van der Waals surface area contributed by atoms with Gasteiger partial charge in [0.25, 0.3) is 5.91 Å². The molecule has 3 aromatic rings. The van der Waals surface area contributed by atoms with Gasteiger partial charge in [0.15, 0.2) is 5.13 Å². The highest BCUT2D eigenvalue weighted by molar-refractivity contribution is 7.23. The summed E-state index contributed by atoms with van der Waals surface area (Å²) in [7, 11) is 0. The number of anilines is 1. The van der Waals surface area contributed by atoms with E-state index in [1.165, 1.54) is 11.3 Å². The second kappa shape index (κ2) is 10.3. The molecule has 0 bridgehead atoms. The van der Waals surface area contributed by atoms with E-state index in [2.05, 4.69) is 4.90 Å². The van der Waals surface area contributed by atoms with Crippen molar-refractivity contribution in [1.29, 1.82) is 0 Å². The summed E-state index contributed by atoms with van der Waals surface area (Å²) >= 11 is 14.0. The average molecular weight is 487 g/mol. The van der Waals surface area contributed by atoms with Crippen molar-refractivity contribution >= 4 is 68.2 Å². The van der Waals surface area contributed by atoms with Gasteiger partial charge in [-0.15, -0.1) is 12.4 Å². The first-order chi connectivity index (χ1) is 14.0. The molecule has 1 aliphatic rings. The highest BCUT2D eigenvalue weighted by Crippen LogP contribution is 2.36.